The fourth-order valence-corrected chi connectivity index (χ4v) is 2.47. The van der Waals surface area contributed by atoms with Gasteiger partial charge in [-0.3, -0.25) is 0 Å². The maximum atomic E-state index is 11.0. The molecule has 1 N–H and O–H groups in total. The number of carboxylic acid groups (broad SMARTS) is 1. The Balaban J connectivity index is 2.17. The fourth-order valence-electron chi connectivity index (χ4n) is 1.79. The molecule has 0 atom stereocenters. The van der Waals surface area contributed by atoms with Crippen LogP contribution in [0.5, 0.6) is 5.75 Å². The van der Waals surface area contributed by atoms with Gasteiger partial charge in [-0.25, -0.2) is 4.79 Å². The minimum Gasteiger partial charge on any atom is -0.487 e. The van der Waals surface area contributed by atoms with Crippen molar-refractivity contribution in [3.8, 4) is 5.75 Å². The molecule has 0 amide bonds. The number of aryl methyl sites for hydroxylation is 2. The van der Waals surface area contributed by atoms with Gasteiger partial charge < -0.3 is 9.84 Å². The van der Waals surface area contributed by atoms with E-state index in [1.165, 1.54) is 11.3 Å². The van der Waals surface area contributed by atoms with E-state index >= 15 is 0 Å². The highest BCUT2D eigenvalue weighted by Crippen LogP contribution is 2.26. The van der Waals surface area contributed by atoms with Gasteiger partial charge in [-0.1, -0.05) is 18.2 Å². The highest BCUT2D eigenvalue weighted by atomic mass is 32.1. The van der Waals surface area contributed by atoms with Crippen LogP contribution in [0.1, 0.15) is 26.4 Å². The van der Waals surface area contributed by atoms with E-state index < -0.39 is 5.97 Å². The van der Waals surface area contributed by atoms with Crippen molar-refractivity contribution in [3.05, 3.63) is 51.2 Å². The number of benzene rings is 1. The molecule has 3 nitrogen and oxygen atoms in total. The van der Waals surface area contributed by atoms with Gasteiger partial charge >= 0.3 is 5.97 Å². The van der Waals surface area contributed by atoms with Crippen molar-refractivity contribution >= 4 is 17.3 Å². The van der Waals surface area contributed by atoms with Crippen LogP contribution in [0.15, 0.2) is 29.6 Å². The van der Waals surface area contributed by atoms with E-state index in [0.717, 1.165) is 16.7 Å². The van der Waals surface area contributed by atoms with Gasteiger partial charge in [-0.05, 0) is 42.0 Å². The van der Waals surface area contributed by atoms with Gasteiger partial charge in [-0.2, -0.15) is 0 Å². The third-order valence-corrected chi connectivity index (χ3v) is 3.72. The van der Waals surface area contributed by atoms with Crippen LogP contribution in [0.3, 0.4) is 0 Å². The lowest BCUT2D eigenvalue weighted by atomic mass is 10.0. The van der Waals surface area contributed by atoms with E-state index in [9.17, 15) is 4.79 Å². The average molecular weight is 262 g/mol. The van der Waals surface area contributed by atoms with Gasteiger partial charge in [0, 0.05) is 0 Å². The first-order chi connectivity index (χ1) is 8.59. The molecule has 0 spiro atoms. The zero-order valence-electron chi connectivity index (χ0n) is 10.3. The Morgan fingerprint density at radius 1 is 1.28 bits per heavy atom. The summed E-state index contributed by atoms with van der Waals surface area (Å²) in [5, 5.41) is 10.7. The van der Waals surface area contributed by atoms with Crippen molar-refractivity contribution < 1.29 is 14.6 Å². The second-order valence-electron chi connectivity index (χ2n) is 4.08. The van der Waals surface area contributed by atoms with Crippen molar-refractivity contribution in [1.82, 2.24) is 0 Å². The van der Waals surface area contributed by atoms with Crippen LogP contribution < -0.4 is 4.74 Å². The second kappa shape index (κ2) is 5.23. The maximum absolute atomic E-state index is 11.0. The van der Waals surface area contributed by atoms with Gasteiger partial charge in [0.1, 0.15) is 12.4 Å². The normalized spacial score (nSPS) is 10.3. The van der Waals surface area contributed by atoms with Gasteiger partial charge in [0.2, 0.25) is 0 Å². The molecule has 94 valence electrons. The van der Waals surface area contributed by atoms with Gasteiger partial charge in [0.25, 0.3) is 0 Å². The topological polar surface area (TPSA) is 46.5 Å². The van der Waals surface area contributed by atoms with E-state index in [2.05, 4.69) is 0 Å². The van der Waals surface area contributed by atoms with Crippen molar-refractivity contribution in [2.75, 3.05) is 0 Å². The lowest BCUT2D eigenvalue weighted by Crippen LogP contribution is -2.03. The zero-order chi connectivity index (χ0) is 13.1. The predicted molar refractivity (Wildman–Crippen MR) is 71.5 cm³/mol. The number of thiophene rings is 1. The molecule has 1 aromatic heterocycles. The fraction of sp³-hybridized carbons (Fsp3) is 0.214. The molecule has 4 heteroatoms. The standard InChI is InChI=1S/C14H14O3S/c1-9-4-3-5-10(2)11(9)8-17-12-6-7-18-13(12)14(15)16/h3-7H,8H2,1-2H3,(H,15,16). The second-order valence-corrected chi connectivity index (χ2v) is 4.99. The van der Waals surface area contributed by atoms with Crippen molar-refractivity contribution in [1.29, 1.82) is 0 Å². The SMILES string of the molecule is Cc1cccc(C)c1COc1ccsc1C(=O)O. The number of ether oxygens (including phenoxy) is 1. The number of hydrogen-bond donors (Lipinski definition) is 1. The summed E-state index contributed by atoms with van der Waals surface area (Å²) < 4.78 is 5.62. The highest BCUT2D eigenvalue weighted by Gasteiger charge is 2.13. The molecule has 2 aromatic rings. The summed E-state index contributed by atoms with van der Waals surface area (Å²) in [4.78, 5) is 11.2. The molecule has 1 aromatic carbocycles. The van der Waals surface area contributed by atoms with Crippen molar-refractivity contribution in [2.45, 2.75) is 20.5 Å². The first-order valence-corrected chi connectivity index (χ1v) is 6.46. The first-order valence-electron chi connectivity index (χ1n) is 5.58. The number of hydrogen-bond acceptors (Lipinski definition) is 3. The minimum atomic E-state index is -0.943. The summed E-state index contributed by atoms with van der Waals surface area (Å²) in [6.45, 7) is 4.45. The molecule has 0 radical (unpaired) electrons. The molecule has 2 rings (SSSR count). The summed E-state index contributed by atoms with van der Waals surface area (Å²) in [6, 6.07) is 7.75. The van der Waals surface area contributed by atoms with Crippen molar-refractivity contribution in [2.24, 2.45) is 0 Å². The Morgan fingerprint density at radius 3 is 2.56 bits per heavy atom. The molecule has 0 aliphatic carbocycles. The summed E-state index contributed by atoms with van der Waals surface area (Å²) in [5.74, 6) is -0.503. The lowest BCUT2D eigenvalue weighted by molar-refractivity contribution is 0.0697. The summed E-state index contributed by atoms with van der Waals surface area (Å²) in [5.41, 5.74) is 3.42. The molecule has 0 unspecified atom stereocenters. The first kappa shape index (κ1) is 12.6. The maximum Gasteiger partial charge on any atom is 0.349 e. The predicted octanol–water partition coefficient (Wildman–Crippen LogP) is 3.64. The van der Waals surface area contributed by atoms with E-state index in [-0.39, 0.29) is 4.88 Å². The van der Waals surface area contributed by atoms with E-state index in [1.54, 1.807) is 11.4 Å². The quantitative estimate of drug-likeness (QED) is 0.915. The molecule has 0 aliphatic heterocycles. The Kier molecular flexibility index (Phi) is 3.67. The largest absolute Gasteiger partial charge is 0.487 e. The number of rotatable bonds is 4. The van der Waals surface area contributed by atoms with Gasteiger partial charge in [0.15, 0.2) is 4.88 Å². The van der Waals surface area contributed by atoms with E-state index in [4.69, 9.17) is 9.84 Å². The van der Waals surface area contributed by atoms with Crippen molar-refractivity contribution in [3.63, 3.8) is 0 Å². The van der Waals surface area contributed by atoms with E-state index in [1.807, 2.05) is 32.0 Å². The van der Waals surface area contributed by atoms with Crippen LogP contribution in [0.2, 0.25) is 0 Å². The van der Waals surface area contributed by atoms with E-state index in [0.29, 0.717) is 12.4 Å². The highest BCUT2D eigenvalue weighted by molar-refractivity contribution is 7.12. The number of aromatic carboxylic acids is 1. The zero-order valence-corrected chi connectivity index (χ0v) is 11.1. The molecule has 0 saturated heterocycles. The van der Waals surface area contributed by atoms with Crippen LogP contribution in [0, 0.1) is 13.8 Å². The average Bonchev–Trinajstić information content (AvgIpc) is 2.76. The molecular weight excluding hydrogens is 248 g/mol. The smallest absolute Gasteiger partial charge is 0.349 e. The Morgan fingerprint density at radius 2 is 1.94 bits per heavy atom. The molecule has 0 fully saturated rings. The third kappa shape index (κ3) is 2.54. The molecule has 18 heavy (non-hydrogen) atoms. The summed E-state index contributed by atoms with van der Waals surface area (Å²) >= 11 is 1.18. The summed E-state index contributed by atoms with van der Waals surface area (Å²) in [6.07, 6.45) is 0. The third-order valence-electron chi connectivity index (χ3n) is 2.84. The van der Waals surface area contributed by atoms with Crippen LogP contribution in [0.4, 0.5) is 0 Å². The molecule has 0 saturated carbocycles. The van der Waals surface area contributed by atoms with Gasteiger partial charge in [-0.15, -0.1) is 11.3 Å². The molecular formula is C14H14O3S. The minimum absolute atomic E-state index is 0.251. The molecule has 0 aliphatic rings. The number of carboxylic acids is 1. The number of carbonyl (C=O) groups is 1. The van der Waals surface area contributed by atoms with Crippen LogP contribution in [0.25, 0.3) is 0 Å². The Hall–Kier alpha value is -1.81. The van der Waals surface area contributed by atoms with Crippen LogP contribution in [-0.4, -0.2) is 11.1 Å². The Labute approximate surface area is 110 Å². The summed E-state index contributed by atoms with van der Waals surface area (Å²) in [7, 11) is 0. The molecule has 1 heterocycles. The van der Waals surface area contributed by atoms with Crippen LogP contribution >= 0.6 is 11.3 Å². The van der Waals surface area contributed by atoms with Gasteiger partial charge in [0.05, 0.1) is 0 Å². The lowest BCUT2D eigenvalue weighted by Gasteiger charge is -2.11. The van der Waals surface area contributed by atoms with Crippen LogP contribution in [-0.2, 0) is 6.61 Å². The monoisotopic (exact) mass is 262 g/mol. The Bertz CT molecular complexity index is 552. The molecule has 0 bridgehead atoms.